The highest BCUT2D eigenvalue weighted by molar-refractivity contribution is 5.94. The molecule has 6 nitrogen and oxygen atoms in total. The second kappa shape index (κ2) is 10.0. The summed E-state index contributed by atoms with van der Waals surface area (Å²) in [5.41, 5.74) is 1.68. The molecule has 0 heterocycles. The minimum absolute atomic E-state index is 0.288. The van der Waals surface area contributed by atoms with Crippen molar-refractivity contribution in [1.29, 1.82) is 0 Å². The lowest BCUT2D eigenvalue weighted by molar-refractivity contribution is -0.0562. The van der Waals surface area contributed by atoms with Crippen LogP contribution >= 0.6 is 0 Å². The van der Waals surface area contributed by atoms with Gasteiger partial charge >= 0.3 is 5.97 Å². The van der Waals surface area contributed by atoms with Crippen molar-refractivity contribution in [2.24, 2.45) is 28.2 Å². The van der Waals surface area contributed by atoms with Gasteiger partial charge in [0.1, 0.15) is 0 Å². The third-order valence-corrected chi connectivity index (χ3v) is 7.43. The molecule has 0 radical (unpaired) electrons. The molecule has 5 rings (SSSR count). The van der Waals surface area contributed by atoms with Gasteiger partial charge in [-0.05, 0) is 106 Å². The molecule has 4 fully saturated rings. The fourth-order valence-electron chi connectivity index (χ4n) is 6.52. The van der Waals surface area contributed by atoms with Crippen LogP contribution in [0.1, 0.15) is 68.6 Å². The maximum absolute atomic E-state index is 11.1. The first kappa shape index (κ1) is 22.1. The summed E-state index contributed by atoms with van der Waals surface area (Å²) in [6, 6.07) is 6.82. The van der Waals surface area contributed by atoms with Gasteiger partial charge in [0, 0.05) is 32.0 Å². The van der Waals surface area contributed by atoms with Gasteiger partial charge in [-0.25, -0.2) is 4.79 Å². The first-order chi connectivity index (χ1) is 15.0. The maximum atomic E-state index is 11.1. The zero-order chi connectivity index (χ0) is 21.7. The Bertz CT molecular complexity index is 739. The monoisotopic (exact) mass is 427 g/mol. The average molecular weight is 428 g/mol. The topological polar surface area (TPSA) is 83.0 Å². The van der Waals surface area contributed by atoms with E-state index in [4.69, 9.17) is 14.8 Å². The van der Waals surface area contributed by atoms with Crippen LogP contribution < -0.4 is 10.6 Å². The minimum Gasteiger partial charge on any atom is -0.478 e. The summed E-state index contributed by atoms with van der Waals surface area (Å²) in [4.78, 5) is 15.8. The highest BCUT2D eigenvalue weighted by Crippen LogP contribution is 2.61. The number of nitrogens with one attached hydrogen (secondary N) is 2. The molecule has 4 bridgehead atoms. The summed E-state index contributed by atoms with van der Waals surface area (Å²) in [5, 5.41) is 16.0. The van der Waals surface area contributed by atoms with Crippen molar-refractivity contribution < 1.29 is 14.6 Å². The van der Waals surface area contributed by atoms with Crippen molar-refractivity contribution in [3.8, 4) is 0 Å². The summed E-state index contributed by atoms with van der Waals surface area (Å²) >= 11 is 0. The molecule has 0 aliphatic heterocycles. The van der Waals surface area contributed by atoms with Gasteiger partial charge in [0.2, 0.25) is 0 Å². The van der Waals surface area contributed by atoms with Gasteiger partial charge in [-0.3, -0.25) is 4.99 Å². The Balaban J connectivity index is 1.33. The number of guanidine groups is 1. The lowest BCUT2D eigenvalue weighted by Gasteiger charge is -2.57. The van der Waals surface area contributed by atoms with E-state index in [1.807, 2.05) is 6.92 Å². The first-order valence-electron chi connectivity index (χ1n) is 12.0. The Hall–Kier alpha value is -2.08. The standard InChI is InChI=1S/C25H37N3O3/c1-2-31-11-3-9-26-24(28-22-6-4-21(5-7-22)23(29)30)27-10-8-25-15-18-12-19(16-25)14-20(13-18)17-25/h4-7,18-20H,2-3,8-17H2,1H3,(H,29,30)(H2,26,27,28). The first-order valence-corrected chi connectivity index (χ1v) is 12.0. The van der Waals surface area contributed by atoms with Crippen LogP contribution in [0, 0.1) is 23.2 Å². The Morgan fingerprint density at radius 3 is 2.35 bits per heavy atom. The molecule has 0 spiro atoms. The van der Waals surface area contributed by atoms with Gasteiger partial charge in [-0.2, -0.15) is 0 Å². The number of benzene rings is 1. The third-order valence-electron chi connectivity index (χ3n) is 7.43. The zero-order valence-corrected chi connectivity index (χ0v) is 18.7. The second-order valence-electron chi connectivity index (χ2n) is 9.88. The van der Waals surface area contributed by atoms with Gasteiger partial charge < -0.3 is 20.5 Å². The molecule has 3 N–H and O–H groups in total. The number of ether oxygens (including phenoxy) is 1. The molecular formula is C25H37N3O3. The van der Waals surface area contributed by atoms with E-state index < -0.39 is 5.97 Å². The number of carboxylic acid groups (broad SMARTS) is 1. The summed E-state index contributed by atoms with van der Waals surface area (Å²) in [7, 11) is 0. The number of hydrogen-bond donors (Lipinski definition) is 3. The largest absolute Gasteiger partial charge is 0.478 e. The molecule has 1 aromatic carbocycles. The lowest BCUT2D eigenvalue weighted by Crippen LogP contribution is -2.47. The number of carbonyl (C=O) groups is 1. The molecule has 170 valence electrons. The van der Waals surface area contributed by atoms with Crippen molar-refractivity contribution in [1.82, 2.24) is 5.32 Å². The van der Waals surface area contributed by atoms with Gasteiger partial charge in [-0.1, -0.05) is 0 Å². The van der Waals surface area contributed by atoms with E-state index in [1.165, 1.54) is 44.9 Å². The average Bonchev–Trinajstić information content (AvgIpc) is 2.72. The van der Waals surface area contributed by atoms with Crippen LogP contribution in [-0.2, 0) is 4.74 Å². The van der Waals surface area contributed by atoms with Crippen LogP contribution in [0.25, 0.3) is 0 Å². The van der Waals surface area contributed by atoms with Crippen molar-refractivity contribution in [2.45, 2.75) is 58.3 Å². The molecule has 0 saturated heterocycles. The maximum Gasteiger partial charge on any atom is 0.335 e. The van der Waals surface area contributed by atoms with E-state index in [0.717, 1.165) is 49.0 Å². The number of hydrogen-bond acceptors (Lipinski definition) is 3. The molecule has 4 aliphatic rings. The SMILES string of the molecule is CCOCCCN=C(NCCC12CC3CC(CC(C3)C1)C2)Nc1ccc(C(=O)O)cc1. The van der Waals surface area contributed by atoms with Gasteiger partial charge in [0.25, 0.3) is 0 Å². The molecular weight excluding hydrogens is 390 g/mol. The van der Waals surface area contributed by atoms with Crippen LogP contribution in [0.4, 0.5) is 5.69 Å². The molecule has 4 aliphatic carbocycles. The Kier molecular flexibility index (Phi) is 7.16. The number of rotatable bonds is 10. The Morgan fingerprint density at radius 2 is 1.77 bits per heavy atom. The van der Waals surface area contributed by atoms with Gasteiger partial charge in [0.15, 0.2) is 5.96 Å². The van der Waals surface area contributed by atoms with Crippen molar-refractivity contribution >= 4 is 17.6 Å². The van der Waals surface area contributed by atoms with Crippen LogP contribution in [0.15, 0.2) is 29.3 Å². The van der Waals surface area contributed by atoms with Crippen LogP contribution in [0.5, 0.6) is 0 Å². The lowest BCUT2D eigenvalue weighted by atomic mass is 9.49. The third kappa shape index (κ3) is 5.79. The summed E-state index contributed by atoms with van der Waals surface area (Å²) in [6.07, 6.45) is 10.8. The normalized spacial score (nSPS) is 29.2. The fraction of sp³-hybridized carbons (Fsp3) is 0.680. The highest BCUT2D eigenvalue weighted by Gasteiger charge is 2.50. The van der Waals surface area contributed by atoms with Gasteiger partial charge in [0.05, 0.1) is 5.56 Å². The molecule has 6 heteroatoms. The number of carboxylic acids is 1. The zero-order valence-electron chi connectivity index (χ0n) is 18.7. The molecule has 0 unspecified atom stereocenters. The second-order valence-corrected chi connectivity index (χ2v) is 9.88. The van der Waals surface area contributed by atoms with Crippen LogP contribution in [-0.4, -0.2) is 43.3 Å². The molecule has 0 atom stereocenters. The van der Waals surface area contributed by atoms with Crippen molar-refractivity contribution in [3.63, 3.8) is 0 Å². The summed E-state index contributed by atoms with van der Waals surface area (Å²) in [5.74, 6) is 2.78. The number of aromatic carboxylic acids is 1. The summed E-state index contributed by atoms with van der Waals surface area (Å²) in [6.45, 7) is 5.07. The van der Waals surface area contributed by atoms with Gasteiger partial charge in [-0.15, -0.1) is 0 Å². The smallest absolute Gasteiger partial charge is 0.335 e. The minimum atomic E-state index is -0.912. The van der Waals surface area contributed by atoms with Crippen LogP contribution in [0.3, 0.4) is 0 Å². The molecule has 0 aromatic heterocycles. The molecule has 4 saturated carbocycles. The van der Waals surface area contributed by atoms with Crippen molar-refractivity contribution in [2.75, 3.05) is 31.6 Å². The van der Waals surface area contributed by atoms with E-state index in [9.17, 15) is 4.79 Å². The van der Waals surface area contributed by atoms with E-state index in [-0.39, 0.29) is 5.56 Å². The van der Waals surface area contributed by atoms with E-state index >= 15 is 0 Å². The molecule has 0 amide bonds. The number of aliphatic imine (C=N–C) groups is 1. The van der Waals surface area contributed by atoms with E-state index in [2.05, 4.69) is 10.6 Å². The number of anilines is 1. The van der Waals surface area contributed by atoms with Crippen molar-refractivity contribution in [3.05, 3.63) is 29.8 Å². The number of nitrogens with zero attached hydrogens (tertiary/aromatic N) is 1. The van der Waals surface area contributed by atoms with E-state index in [1.54, 1.807) is 24.3 Å². The predicted octanol–water partition coefficient (Wildman–Crippen LogP) is 4.78. The Morgan fingerprint density at radius 1 is 1.13 bits per heavy atom. The molecule has 1 aromatic rings. The fourth-order valence-corrected chi connectivity index (χ4v) is 6.52. The molecule has 31 heavy (non-hydrogen) atoms. The summed E-state index contributed by atoms with van der Waals surface area (Å²) < 4.78 is 5.42. The van der Waals surface area contributed by atoms with E-state index in [0.29, 0.717) is 18.6 Å². The highest BCUT2D eigenvalue weighted by atomic mass is 16.5. The quantitative estimate of drug-likeness (QED) is 0.284. The van der Waals surface area contributed by atoms with Crippen LogP contribution in [0.2, 0.25) is 0 Å². The predicted molar refractivity (Wildman–Crippen MR) is 124 cm³/mol. The Labute approximate surface area is 185 Å².